The van der Waals surface area contributed by atoms with Gasteiger partial charge < -0.3 is 10.2 Å². The predicted octanol–water partition coefficient (Wildman–Crippen LogP) is 1.54. The lowest BCUT2D eigenvalue weighted by Crippen LogP contribution is -2.49. The van der Waals surface area contributed by atoms with E-state index in [1.165, 1.54) is 0 Å². The molecule has 1 unspecified atom stereocenters. The summed E-state index contributed by atoms with van der Waals surface area (Å²) in [6, 6.07) is 0.491. The topological polar surface area (TPSA) is 32.3 Å². The quantitative estimate of drug-likeness (QED) is 0.736. The van der Waals surface area contributed by atoms with Crippen LogP contribution in [0.1, 0.15) is 20.3 Å². The summed E-state index contributed by atoms with van der Waals surface area (Å²) >= 11 is 1.93. The first-order valence-corrected chi connectivity index (χ1v) is 6.03. The summed E-state index contributed by atoms with van der Waals surface area (Å²) in [5.74, 6) is 2.14. The molecule has 1 rings (SSSR count). The van der Waals surface area contributed by atoms with Crippen LogP contribution in [0.25, 0.3) is 0 Å². The maximum absolute atomic E-state index is 11.6. The van der Waals surface area contributed by atoms with Crippen molar-refractivity contribution in [3.05, 3.63) is 0 Å². The Morgan fingerprint density at radius 2 is 2.46 bits per heavy atom. The molecule has 0 aromatic carbocycles. The first-order chi connectivity index (χ1) is 6.25. The molecule has 0 aromatic heterocycles. The molecule has 76 valence electrons. The minimum atomic E-state index is 0.106. The summed E-state index contributed by atoms with van der Waals surface area (Å²) in [4.78, 5) is 13.5. The lowest BCUT2D eigenvalue weighted by Gasteiger charge is -2.32. The molecule has 1 aliphatic heterocycles. The van der Waals surface area contributed by atoms with Gasteiger partial charge in [-0.15, -0.1) is 0 Å². The molecular weight excluding hydrogens is 184 g/mol. The molecule has 1 aliphatic rings. The van der Waals surface area contributed by atoms with Gasteiger partial charge in [0.25, 0.3) is 0 Å². The Morgan fingerprint density at radius 3 is 3.08 bits per heavy atom. The zero-order chi connectivity index (χ0) is 9.68. The highest BCUT2D eigenvalue weighted by atomic mass is 32.2. The Morgan fingerprint density at radius 1 is 1.69 bits per heavy atom. The number of rotatable bonds is 2. The van der Waals surface area contributed by atoms with Crippen molar-refractivity contribution in [3.8, 4) is 0 Å². The molecule has 1 N–H and O–H groups in total. The zero-order valence-corrected chi connectivity index (χ0v) is 9.19. The van der Waals surface area contributed by atoms with Crippen LogP contribution in [0.5, 0.6) is 0 Å². The van der Waals surface area contributed by atoms with E-state index in [0.717, 1.165) is 31.0 Å². The Kier molecular flexibility index (Phi) is 4.42. The summed E-state index contributed by atoms with van der Waals surface area (Å²) in [5, 5.41) is 2.91. The normalized spacial score (nSPS) is 22.9. The molecule has 3 nitrogen and oxygen atoms in total. The van der Waals surface area contributed by atoms with Crippen molar-refractivity contribution in [1.82, 2.24) is 10.2 Å². The fourth-order valence-corrected chi connectivity index (χ4v) is 2.38. The van der Waals surface area contributed by atoms with E-state index in [4.69, 9.17) is 0 Å². The molecule has 1 fully saturated rings. The molecular formula is C9H18N2OS. The van der Waals surface area contributed by atoms with Crippen molar-refractivity contribution in [1.29, 1.82) is 0 Å². The van der Waals surface area contributed by atoms with Crippen molar-refractivity contribution >= 4 is 17.8 Å². The second-order valence-corrected chi connectivity index (χ2v) is 4.50. The first kappa shape index (κ1) is 10.7. The monoisotopic (exact) mass is 202 g/mol. The summed E-state index contributed by atoms with van der Waals surface area (Å²) < 4.78 is 0. The Labute approximate surface area is 84.2 Å². The molecule has 0 spiro atoms. The second kappa shape index (κ2) is 5.37. The van der Waals surface area contributed by atoms with Gasteiger partial charge >= 0.3 is 6.03 Å². The first-order valence-electron chi connectivity index (χ1n) is 4.88. The average Bonchev–Trinajstić information content (AvgIpc) is 2.15. The van der Waals surface area contributed by atoms with Gasteiger partial charge in [-0.3, -0.25) is 0 Å². The highest BCUT2D eigenvalue weighted by molar-refractivity contribution is 7.99. The van der Waals surface area contributed by atoms with Gasteiger partial charge in [0.15, 0.2) is 0 Å². The van der Waals surface area contributed by atoms with Gasteiger partial charge in [-0.25, -0.2) is 4.79 Å². The largest absolute Gasteiger partial charge is 0.338 e. The summed E-state index contributed by atoms with van der Waals surface area (Å²) in [6.45, 7) is 5.85. The molecule has 0 radical (unpaired) electrons. The molecule has 2 amide bonds. The molecule has 0 bridgehead atoms. The standard InChI is InChI=1S/C9H18N2OS/c1-3-4-10-9(12)11-5-6-13-7-8(11)2/h8H,3-7H2,1-2H3,(H,10,12). The number of hydrogen-bond acceptors (Lipinski definition) is 2. The highest BCUT2D eigenvalue weighted by Gasteiger charge is 2.22. The second-order valence-electron chi connectivity index (χ2n) is 3.35. The number of amides is 2. The van der Waals surface area contributed by atoms with E-state index in [9.17, 15) is 4.79 Å². The minimum Gasteiger partial charge on any atom is -0.338 e. The van der Waals surface area contributed by atoms with E-state index in [-0.39, 0.29) is 6.03 Å². The number of nitrogens with zero attached hydrogens (tertiary/aromatic N) is 1. The fraction of sp³-hybridized carbons (Fsp3) is 0.889. The van der Waals surface area contributed by atoms with Crippen LogP contribution >= 0.6 is 11.8 Å². The summed E-state index contributed by atoms with van der Waals surface area (Å²) in [7, 11) is 0. The van der Waals surface area contributed by atoms with E-state index in [1.54, 1.807) is 0 Å². The van der Waals surface area contributed by atoms with Crippen LogP contribution in [0, 0.1) is 0 Å². The zero-order valence-electron chi connectivity index (χ0n) is 8.38. The third-order valence-electron chi connectivity index (χ3n) is 2.15. The third kappa shape index (κ3) is 3.10. The van der Waals surface area contributed by atoms with Gasteiger partial charge in [-0.05, 0) is 13.3 Å². The van der Waals surface area contributed by atoms with Crippen LogP contribution in [0.3, 0.4) is 0 Å². The van der Waals surface area contributed by atoms with E-state index in [2.05, 4.69) is 19.2 Å². The third-order valence-corrected chi connectivity index (χ3v) is 3.34. The molecule has 0 saturated carbocycles. The highest BCUT2D eigenvalue weighted by Crippen LogP contribution is 2.15. The van der Waals surface area contributed by atoms with E-state index in [1.807, 2.05) is 16.7 Å². The number of nitrogens with one attached hydrogen (secondary N) is 1. The number of carbonyl (C=O) groups is 1. The molecule has 0 aliphatic carbocycles. The summed E-state index contributed by atoms with van der Waals surface area (Å²) in [5.41, 5.74) is 0. The number of hydrogen-bond donors (Lipinski definition) is 1. The molecule has 4 heteroatoms. The van der Waals surface area contributed by atoms with Crippen molar-refractivity contribution in [2.45, 2.75) is 26.3 Å². The maximum Gasteiger partial charge on any atom is 0.317 e. The Hall–Kier alpha value is -0.380. The lowest BCUT2D eigenvalue weighted by molar-refractivity contribution is 0.186. The van der Waals surface area contributed by atoms with Gasteiger partial charge in [0.1, 0.15) is 0 Å². The van der Waals surface area contributed by atoms with E-state index >= 15 is 0 Å². The van der Waals surface area contributed by atoms with Crippen LogP contribution in [-0.4, -0.2) is 41.6 Å². The van der Waals surface area contributed by atoms with E-state index in [0.29, 0.717) is 6.04 Å². The minimum absolute atomic E-state index is 0.106. The molecule has 1 heterocycles. The van der Waals surface area contributed by atoms with Crippen molar-refractivity contribution in [3.63, 3.8) is 0 Å². The SMILES string of the molecule is CCCNC(=O)N1CCSCC1C. The van der Waals surface area contributed by atoms with Gasteiger partial charge in [0, 0.05) is 30.6 Å². The number of thioether (sulfide) groups is 1. The van der Waals surface area contributed by atoms with Crippen molar-refractivity contribution < 1.29 is 4.79 Å². The van der Waals surface area contributed by atoms with Crippen molar-refractivity contribution in [2.24, 2.45) is 0 Å². The maximum atomic E-state index is 11.6. The molecule has 0 aromatic rings. The molecule has 1 saturated heterocycles. The van der Waals surface area contributed by atoms with Gasteiger partial charge in [0.05, 0.1) is 0 Å². The number of carbonyl (C=O) groups excluding carboxylic acids is 1. The predicted molar refractivity (Wildman–Crippen MR) is 57.2 cm³/mol. The van der Waals surface area contributed by atoms with Gasteiger partial charge in [0.2, 0.25) is 0 Å². The fourth-order valence-electron chi connectivity index (χ4n) is 1.36. The van der Waals surface area contributed by atoms with Crippen LogP contribution in [0.15, 0.2) is 0 Å². The van der Waals surface area contributed by atoms with Gasteiger partial charge in [-0.1, -0.05) is 6.92 Å². The number of urea groups is 1. The smallest absolute Gasteiger partial charge is 0.317 e. The van der Waals surface area contributed by atoms with Crippen LogP contribution in [0.2, 0.25) is 0 Å². The molecule has 13 heavy (non-hydrogen) atoms. The van der Waals surface area contributed by atoms with Crippen LogP contribution in [0.4, 0.5) is 4.79 Å². The molecule has 1 atom stereocenters. The van der Waals surface area contributed by atoms with Crippen molar-refractivity contribution in [2.75, 3.05) is 24.6 Å². The Balaban J connectivity index is 2.35. The van der Waals surface area contributed by atoms with Gasteiger partial charge in [-0.2, -0.15) is 11.8 Å². The average molecular weight is 202 g/mol. The van der Waals surface area contributed by atoms with Crippen LogP contribution in [-0.2, 0) is 0 Å². The Bertz CT molecular complexity index is 175. The van der Waals surface area contributed by atoms with Crippen LogP contribution < -0.4 is 5.32 Å². The lowest BCUT2D eigenvalue weighted by atomic mass is 10.3. The summed E-state index contributed by atoms with van der Waals surface area (Å²) in [6.07, 6.45) is 1.00. The van der Waals surface area contributed by atoms with E-state index < -0.39 is 0 Å².